The Hall–Kier alpha value is -0.233. The third-order valence-electron chi connectivity index (χ3n) is 1.53. The first-order valence-corrected chi connectivity index (χ1v) is 4.68. The van der Waals surface area contributed by atoms with Gasteiger partial charge in [-0.05, 0) is 11.1 Å². The van der Waals surface area contributed by atoms with E-state index in [2.05, 4.69) is 15.9 Å². The van der Waals surface area contributed by atoms with Gasteiger partial charge in [0.2, 0.25) is 0 Å². The summed E-state index contributed by atoms with van der Waals surface area (Å²) < 4.78 is 0. The van der Waals surface area contributed by atoms with Gasteiger partial charge in [0, 0.05) is 17.7 Å². The predicted octanol–water partition coefficient (Wildman–Crippen LogP) is -2.12. The van der Waals surface area contributed by atoms with Crippen LogP contribution in [-0.2, 0) is 16.5 Å². The van der Waals surface area contributed by atoms with Gasteiger partial charge in [-0.15, -0.1) is 0 Å². The normalized spacial score (nSPS) is 9.00. The molecule has 0 saturated heterocycles. The van der Waals surface area contributed by atoms with Crippen LogP contribution in [-0.4, -0.2) is 5.97 Å². The molecule has 0 heterocycles. The van der Waals surface area contributed by atoms with Crippen molar-refractivity contribution in [3.05, 3.63) is 35.4 Å². The summed E-state index contributed by atoms with van der Waals surface area (Å²) in [6.07, 6.45) is -0.0113. The number of benzene rings is 1. The number of carboxylic acid groups (broad SMARTS) is 1. The maximum absolute atomic E-state index is 10.2. The van der Waals surface area contributed by atoms with E-state index in [-0.39, 0.29) is 25.3 Å². The van der Waals surface area contributed by atoms with Gasteiger partial charge < -0.3 is 9.90 Å². The van der Waals surface area contributed by atoms with Crippen LogP contribution in [0.3, 0.4) is 0 Å². The van der Waals surface area contributed by atoms with Gasteiger partial charge in [-0.1, -0.05) is 40.2 Å². The number of hydrogen-bond donors (Lipinski definition) is 0. The number of hydrogen-bond acceptors (Lipinski definition) is 2. The average molecular weight is 235 g/mol. The quantitative estimate of drug-likeness (QED) is 0.444. The summed E-state index contributed by atoms with van der Waals surface area (Å²) in [5.41, 5.74) is 1.91. The molecular formula is C9H8BrLiO2. The number of carbonyl (C=O) groups is 1. The van der Waals surface area contributed by atoms with Crippen LogP contribution in [0.5, 0.6) is 0 Å². The second kappa shape index (κ2) is 6.26. The smallest absolute Gasteiger partial charge is 0.550 e. The van der Waals surface area contributed by atoms with E-state index in [1.165, 1.54) is 0 Å². The minimum atomic E-state index is -1.04. The minimum Gasteiger partial charge on any atom is -0.550 e. The van der Waals surface area contributed by atoms with Gasteiger partial charge in [-0.2, -0.15) is 0 Å². The fraction of sp³-hybridized carbons (Fsp3) is 0.222. The molecule has 1 rings (SSSR count). The van der Waals surface area contributed by atoms with Crippen LogP contribution >= 0.6 is 15.9 Å². The molecule has 0 atom stereocenters. The standard InChI is InChI=1S/C9H9BrO2.Li/c10-6-8-3-1-7(2-4-8)5-9(11)12;/h1-4H,5-6H2,(H,11,12);/q;+1/p-1. The molecular weight excluding hydrogens is 227 g/mol. The summed E-state index contributed by atoms with van der Waals surface area (Å²) in [5.74, 6) is -1.04. The van der Waals surface area contributed by atoms with E-state index < -0.39 is 5.97 Å². The van der Waals surface area contributed by atoms with Crippen LogP contribution in [0.4, 0.5) is 0 Å². The molecule has 64 valence electrons. The van der Waals surface area contributed by atoms with E-state index in [1.807, 2.05) is 12.1 Å². The Morgan fingerprint density at radius 3 is 2.08 bits per heavy atom. The third kappa shape index (κ3) is 4.52. The fourth-order valence-corrected chi connectivity index (χ4v) is 1.29. The van der Waals surface area contributed by atoms with Gasteiger partial charge in [0.1, 0.15) is 0 Å². The molecule has 0 bridgehead atoms. The first-order valence-electron chi connectivity index (χ1n) is 3.56. The zero-order valence-electron chi connectivity index (χ0n) is 7.42. The number of halogens is 1. The predicted molar refractivity (Wildman–Crippen MR) is 47.8 cm³/mol. The number of aliphatic carboxylic acids is 1. The number of carbonyl (C=O) groups excluding carboxylic acids is 1. The average Bonchev–Trinajstić information content (AvgIpc) is 2.05. The SMILES string of the molecule is O=C([O-])Cc1ccc(CBr)cc1.[Li+]. The van der Waals surface area contributed by atoms with Crippen molar-refractivity contribution in [1.29, 1.82) is 0 Å². The maximum Gasteiger partial charge on any atom is 1.00 e. The van der Waals surface area contributed by atoms with E-state index in [1.54, 1.807) is 12.1 Å². The van der Waals surface area contributed by atoms with E-state index in [0.29, 0.717) is 0 Å². The van der Waals surface area contributed by atoms with Crippen LogP contribution in [0, 0.1) is 0 Å². The topological polar surface area (TPSA) is 40.1 Å². The Bertz CT molecular complexity index is 271. The monoisotopic (exact) mass is 234 g/mol. The van der Waals surface area contributed by atoms with Gasteiger partial charge in [0.15, 0.2) is 0 Å². The van der Waals surface area contributed by atoms with Gasteiger partial charge in [0.05, 0.1) is 0 Å². The summed E-state index contributed by atoms with van der Waals surface area (Å²) in [5, 5.41) is 11.0. The molecule has 4 heteroatoms. The van der Waals surface area contributed by atoms with E-state index >= 15 is 0 Å². The number of alkyl halides is 1. The molecule has 0 fully saturated rings. The van der Waals surface area contributed by atoms with Crippen LogP contribution in [0.25, 0.3) is 0 Å². The Labute approximate surface area is 97.6 Å². The summed E-state index contributed by atoms with van der Waals surface area (Å²) in [4.78, 5) is 10.2. The van der Waals surface area contributed by atoms with Gasteiger partial charge in [0.25, 0.3) is 0 Å². The maximum atomic E-state index is 10.2. The Kier molecular flexibility index (Phi) is 6.14. The molecule has 0 N–H and O–H groups in total. The molecule has 1 aromatic rings. The second-order valence-electron chi connectivity index (χ2n) is 2.50. The summed E-state index contributed by atoms with van der Waals surface area (Å²) in [7, 11) is 0. The Balaban J connectivity index is 0.00000144. The Morgan fingerprint density at radius 1 is 1.23 bits per heavy atom. The van der Waals surface area contributed by atoms with Crippen LogP contribution < -0.4 is 24.0 Å². The largest absolute Gasteiger partial charge is 1.00 e. The van der Waals surface area contributed by atoms with Crippen molar-refractivity contribution in [2.24, 2.45) is 0 Å². The molecule has 13 heavy (non-hydrogen) atoms. The van der Waals surface area contributed by atoms with Crippen LogP contribution in [0.2, 0.25) is 0 Å². The molecule has 0 aliphatic carbocycles. The van der Waals surface area contributed by atoms with E-state index in [0.717, 1.165) is 16.5 Å². The summed E-state index contributed by atoms with van der Waals surface area (Å²) in [6, 6.07) is 7.39. The molecule has 0 radical (unpaired) electrons. The molecule has 0 saturated carbocycles. The molecule has 0 aliphatic rings. The zero-order chi connectivity index (χ0) is 8.97. The van der Waals surface area contributed by atoms with Crippen molar-refractivity contribution in [2.45, 2.75) is 11.8 Å². The van der Waals surface area contributed by atoms with Crippen LogP contribution in [0.1, 0.15) is 11.1 Å². The van der Waals surface area contributed by atoms with E-state index in [9.17, 15) is 9.90 Å². The van der Waals surface area contributed by atoms with Gasteiger partial charge in [-0.3, -0.25) is 0 Å². The van der Waals surface area contributed by atoms with Crippen LogP contribution in [0.15, 0.2) is 24.3 Å². The first kappa shape index (κ1) is 12.8. The van der Waals surface area contributed by atoms with Crippen molar-refractivity contribution in [3.63, 3.8) is 0 Å². The molecule has 1 aromatic carbocycles. The molecule has 0 spiro atoms. The van der Waals surface area contributed by atoms with Gasteiger partial charge >= 0.3 is 18.9 Å². The molecule has 2 nitrogen and oxygen atoms in total. The number of rotatable bonds is 3. The summed E-state index contributed by atoms with van der Waals surface area (Å²) in [6.45, 7) is 0. The van der Waals surface area contributed by atoms with Crippen molar-refractivity contribution in [2.75, 3.05) is 0 Å². The molecule has 0 aliphatic heterocycles. The minimum absolute atomic E-state index is 0. The molecule has 0 aromatic heterocycles. The first-order chi connectivity index (χ1) is 5.72. The van der Waals surface area contributed by atoms with Crippen molar-refractivity contribution >= 4 is 21.9 Å². The fourth-order valence-electron chi connectivity index (χ4n) is 0.913. The van der Waals surface area contributed by atoms with Crippen molar-refractivity contribution in [1.82, 2.24) is 0 Å². The van der Waals surface area contributed by atoms with Crippen molar-refractivity contribution < 1.29 is 28.8 Å². The van der Waals surface area contributed by atoms with E-state index in [4.69, 9.17) is 0 Å². The van der Waals surface area contributed by atoms with Gasteiger partial charge in [-0.25, -0.2) is 0 Å². The molecule has 0 unspecified atom stereocenters. The second-order valence-corrected chi connectivity index (χ2v) is 3.06. The third-order valence-corrected chi connectivity index (χ3v) is 2.17. The Morgan fingerprint density at radius 2 is 1.69 bits per heavy atom. The number of carboxylic acids is 1. The summed E-state index contributed by atoms with van der Waals surface area (Å²) >= 11 is 3.30. The van der Waals surface area contributed by atoms with Crippen molar-refractivity contribution in [3.8, 4) is 0 Å². The zero-order valence-corrected chi connectivity index (χ0v) is 9.00. The molecule has 0 amide bonds.